The second-order valence-corrected chi connectivity index (χ2v) is 11.6. The molecule has 54 heavy (non-hydrogen) atoms. The van der Waals surface area contributed by atoms with Crippen molar-refractivity contribution in [3.05, 3.63) is 96.0 Å². The van der Waals surface area contributed by atoms with E-state index in [1.807, 2.05) is 47.4 Å². The number of rotatable bonds is 9. The van der Waals surface area contributed by atoms with E-state index in [4.69, 9.17) is 9.90 Å². The molecule has 278 valence electrons. The van der Waals surface area contributed by atoms with E-state index in [0.29, 0.717) is 32.0 Å². The van der Waals surface area contributed by atoms with Crippen molar-refractivity contribution in [2.24, 2.45) is 0 Å². The van der Waals surface area contributed by atoms with E-state index in [2.05, 4.69) is 46.0 Å². The fraction of sp³-hybridized carbons (Fsp3) is 0.212. The number of pyridine rings is 2. The Morgan fingerprint density at radius 2 is 1.69 bits per heavy atom. The van der Waals surface area contributed by atoms with Gasteiger partial charge in [-0.1, -0.05) is 23.3 Å². The van der Waals surface area contributed by atoms with Gasteiger partial charge in [0.2, 0.25) is 5.95 Å². The first-order valence-corrected chi connectivity index (χ1v) is 16.0. The van der Waals surface area contributed by atoms with Gasteiger partial charge in [-0.05, 0) is 52.7 Å². The molecule has 0 saturated carbocycles. The van der Waals surface area contributed by atoms with Crippen LogP contribution in [0.3, 0.4) is 0 Å². The maximum Gasteiger partial charge on any atom is 0.490 e. The van der Waals surface area contributed by atoms with Gasteiger partial charge in [-0.15, -0.1) is 0 Å². The van der Waals surface area contributed by atoms with Crippen LogP contribution in [0, 0.1) is 5.82 Å². The minimum Gasteiger partial charge on any atom is -0.475 e. The molecule has 0 spiro atoms. The van der Waals surface area contributed by atoms with Crippen LogP contribution in [0.4, 0.5) is 23.5 Å². The van der Waals surface area contributed by atoms with E-state index < -0.39 is 29.7 Å². The fourth-order valence-corrected chi connectivity index (χ4v) is 5.49. The minimum atomic E-state index is -5.08. The van der Waals surface area contributed by atoms with Crippen LogP contribution < -0.4 is 10.2 Å². The predicted molar refractivity (Wildman–Crippen MR) is 180 cm³/mol. The second kappa shape index (κ2) is 15.7. The highest BCUT2D eigenvalue weighted by Gasteiger charge is 2.38. The average molecular weight is 749 g/mol. The summed E-state index contributed by atoms with van der Waals surface area (Å²) in [7, 11) is 0. The number of nitrogens with zero attached hydrogens (tertiary/aromatic N) is 9. The number of tetrazole rings is 1. The van der Waals surface area contributed by atoms with Crippen molar-refractivity contribution < 1.29 is 41.8 Å². The lowest BCUT2D eigenvalue weighted by Gasteiger charge is -2.34. The van der Waals surface area contributed by atoms with Crippen LogP contribution in [0.1, 0.15) is 26.4 Å². The summed E-state index contributed by atoms with van der Waals surface area (Å²) in [5.74, 6) is -4.99. The van der Waals surface area contributed by atoms with Crippen molar-refractivity contribution in [1.82, 2.24) is 55.6 Å². The summed E-state index contributed by atoms with van der Waals surface area (Å²) in [6.07, 6.45) is 1.17. The van der Waals surface area contributed by atoms with Crippen molar-refractivity contribution >= 4 is 40.4 Å². The second-order valence-electron chi connectivity index (χ2n) is 11.6. The Balaban J connectivity index is 0.000000649. The number of alkyl halides is 3. The molecule has 4 N–H and O–H groups in total. The maximum atomic E-state index is 15.2. The van der Waals surface area contributed by atoms with Gasteiger partial charge in [0.1, 0.15) is 17.1 Å². The topological polar surface area (TPSA) is 221 Å². The van der Waals surface area contributed by atoms with Crippen LogP contribution in [0.25, 0.3) is 28.0 Å². The zero-order chi connectivity index (χ0) is 38.4. The third-order valence-corrected chi connectivity index (χ3v) is 8.16. The standard InChI is InChI=1S/C31H27FN12O3.C2HF3O2/c32-22-18-36-26(23-16-24(38-37-23)29(46)34-11-8-19-6-9-33-10-7-19)27-25(22)21(17-35-27)28(45)30(47)42-12-14-43(15-13-42)31-39-40-41-44(31)20-4-2-1-3-5-20;3-2(4,5)1(6)7/h1-7,9-10,16-18,35H,8,11-15H2,(H,34,46)(H,37,38);(H,6,7). The first-order valence-electron chi connectivity index (χ1n) is 16.0. The van der Waals surface area contributed by atoms with Gasteiger partial charge in [-0.25, -0.2) is 14.2 Å². The molecule has 1 saturated heterocycles. The van der Waals surface area contributed by atoms with Gasteiger partial charge >= 0.3 is 12.1 Å². The normalized spacial score (nSPS) is 13.0. The van der Waals surface area contributed by atoms with Gasteiger partial charge in [0.25, 0.3) is 17.6 Å². The number of carbonyl (C=O) groups is 4. The molecule has 1 aliphatic rings. The van der Waals surface area contributed by atoms with Gasteiger partial charge in [-0.3, -0.25) is 24.5 Å². The SMILES string of the molecule is O=C(NCCc1ccncc1)c1cc(-c2ncc(F)c3c(C(=O)C(=O)N4CCN(c5nnnn5-c5ccccc5)CC4)c[nH]c23)n[nH]1.O=C(O)C(F)(F)F. The predicted octanol–water partition coefficient (Wildman–Crippen LogP) is 2.60. The molecule has 1 aliphatic heterocycles. The molecule has 0 unspecified atom stereocenters. The maximum absolute atomic E-state index is 15.2. The number of aliphatic carboxylic acids is 1. The summed E-state index contributed by atoms with van der Waals surface area (Å²) >= 11 is 0. The zero-order valence-electron chi connectivity index (χ0n) is 27.8. The summed E-state index contributed by atoms with van der Waals surface area (Å²) in [4.78, 5) is 62.8. The van der Waals surface area contributed by atoms with Crippen molar-refractivity contribution in [1.29, 1.82) is 0 Å². The van der Waals surface area contributed by atoms with E-state index in [0.717, 1.165) is 17.4 Å². The Hall–Kier alpha value is -7.06. The molecule has 21 heteroatoms. The molecule has 6 aromatic rings. The summed E-state index contributed by atoms with van der Waals surface area (Å²) in [5.41, 5.74) is 2.54. The van der Waals surface area contributed by atoms with E-state index in [1.54, 1.807) is 17.1 Å². The smallest absolute Gasteiger partial charge is 0.475 e. The Labute approximate surface area is 301 Å². The number of hydrogen-bond acceptors (Lipinski definition) is 11. The molecule has 2 amide bonds. The number of ketones is 1. The number of piperazine rings is 1. The van der Waals surface area contributed by atoms with Gasteiger partial charge in [0.05, 0.1) is 28.4 Å². The minimum absolute atomic E-state index is 0.0830. The fourth-order valence-electron chi connectivity index (χ4n) is 5.49. The lowest BCUT2D eigenvalue weighted by molar-refractivity contribution is -0.192. The highest BCUT2D eigenvalue weighted by molar-refractivity contribution is 6.45. The molecular formula is C33H28F4N12O5. The van der Waals surface area contributed by atoms with E-state index in [-0.39, 0.29) is 52.5 Å². The van der Waals surface area contributed by atoms with Gasteiger partial charge in [-0.2, -0.15) is 23.0 Å². The number of benzene rings is 1. The zero-order valence-corrected chi connectivity index (χ0v) is 27.8. The van der Waals surface area contributed by atoms with Crippen molar-refractivity contribution in [2.45, 2.75) is 12.6 Å². The number of amides is 2. The number of fused-ring (bicyclic) bond motifs is 1. The number of hydrogen-bond donors (Lipinski definition) is 4. The molecule has 0 aliphatic carbocycles. The molecule has 6 heterocycles. The molecule has 0 atom stereocenters. The number of nitrogens with one attached hydrogen (secondary N) is 3. The molecule has 1 aromatic carbocycles. The number of para-hydroxylation sites is 1. The summed E-state index contributed by atoms with van der Waals surface area (Å²) < 4.78 is 48.5. The molecule has 17 nitrogen and oxygen atoms in total. The van der Waals surface area contributed by atoms with Crippen molar-refractivity contribution in [3.63, 3.8) is 0 Å². The number of anilines is 1. The largest absolute Gasteiger partial charge is 0.490 e. The van der Waals surface area contributed by atoms with Crippen LogP contribution in [0.5, 0.6) is 0 Å². The highest BCUT2D eigenvalue weighted by Crippen LogP contribution is 2.30. The highest BCUT2D eigenvalue weighted by atomic mass is 19.4. The third kappa shape index (κ3) is 8.03. The van der Waals surface area contributed by atoms with Crippen LogP contribution in [-0.4, -0.2) is 118 Å². The number of carboxylic acid groups (broad SMARTS) is 1. The molecular weight excluding hydrogens is 720 g/mol. The molecule has 5 aromatic heterocycles. The van der Waals surface area contributed by atoms with E-state index in [1.165, 1.54) is 17.2 Å². The monoisotopic (exact) mass is 748 g/mol. The number of carbonyl (C=O) groups excluding carboxylic acids is 3. The van der Waals surface area contributed by atoms with Crippen LogP contribution in [-0.2, 0) is 16.0 Å². The number of aromatic amines is 2. The first-order chi connectivity index (χ1) is 25.9. The third-order valence-electron chi connectivity index (χ3n) is 8.16. The van der Waals surface area contributed by atoms with Gasteiger partial charge < -0.3 is 25.2 Å². The van der Waals surface area contributed by atoms with Gasteiger partial charge in [0.15, 0.2) is 5.82 Å². The number of aromatic nitrogens is 9. The summed E-state index contributed by atoms with van der Waals surface area (Å²) in [6, 6.07) is 14.7. The quantitative estimate of drug-likeness (QED) is 0.0953. The molecule has 1 fully saturated rings. The molecule has 0 radical (unpaired) electrons. The van der Waals surface area contributed by atoms with Crippen LogP contribution >= 0.6 is 0 Å². The lowest BCUT2D eigenvalue weighted by Crippen LogP contribution is -2.51. The summed E-state index contributed by atoms with van der Waals surface area (Å²) in [6.45, 7) is 1.66. The Morgan fingerprint density at radius 1 is 0.981 bits per heavy atom. The Morgan fingerprint density at radius 3 is 2.37 bits per heavy atom. The lowest BCUT2D eigenvalue weighted by atomic mass is 10.1. The van der Waals surface area contributed by atoms with Gasteiger partial charge in [0, 0.05) is 51.3 Å². The first kappa shape index (κ1) is 36.7. The summed E-state index contributed by atoms with van der Waals surface area (Å²) in [5, 5.41) is 28.8. The van der Waals surface area contributed by atoms with Crippen molar-refractivity contribution in [2.75, 3.05) is 37.6 Å². The van der Waals surface area contributed by atoms with Crippen molar-refractivity contribution in [3.8, 4) is 17.1 Å². The number of carboxylic acids is 1. The Kier molecular flexibility index (Phi) is 10.7. The number of Topliss-reactive ketones (excluding diaryl/α,β-unsaturated/α-hetero) is 1. The van der Waals surface area contributed by atoms with Crippen LogP contribution in [0.15, 0.2) is 73.3 Å². The number of halogens is 4. The molecule has 7 rings (SSSR count). The molecule has 0 bridgehead atoms. The Bertz CT molecular complexity index is 2280. The van der Waals surface area contributed by atoms with E-state index >= 15 is 4.39 Å². The average Bonchev–Trinajstić information content (AvgIpc) is 3.96. The van der Waals surface area contributed by atoms with Crippen LogP contribution in [0.2, 0.25) is 0 Å². The van der Waals surface area contributed by atoms with E-state index in [9.17, 15) is 27.6 Å². The number of H-pyrrole nitrogens is 2.